The number of furan rings is 1. The summed E-state index contributed by atoms with van der Waals surface area (Å²) in [6, 6.07) is 14.0. The lowest BCUT2D eigenvalue weighted by Gasteiger charge is -2.14. The summed E-state index contributed by atoms with van der Waals surface area (Å²) in [6.45, 7) is 5.97. The van der Waals surface area contributed by atoms with Crippen LogP contribution in [-0.4, -0.2) is 5.11 Å². The van der Waals surface area contributed by atoms with Gasteiger partial charge in [0.2, 0.25) is 0 Å². The lowest BCUT2D eigenvalue weighted by molar-refractivity contribution is 0.218. The van der Waals surface area contributed by atoms with Gasteiger partial charge >= 0.3 is 0 Å². The third-order valence-electron chi connectivity index (χ3n) is 3.82. The molecule has 3 rings (SSSR count). The molecule has 1 N–H and O–H groups in total. The first-order chi connectivity index (χ1) is 9.58. The number of aliphatic hydroxyl groups is 1. The standard InChI is InChI=1S/C18H18O2/c1-11-8-9-12(2)15(10-11)18(19)17-13(3)20-16-7-5-4-6-14(16)17/h4-10,18-19H,1-3H3. The van der Waals surface area contributed by atoms with Gasteiger partial charge in [-0.25, -0.2) is 0 Å². The van der Waals surface area contributed by atoms with Gasteiger partial charge in [0, 0.05) is 10.9 Å². The molecule has 1 aromatic heterocycles. The third kappa shape index (κ3) is 2.02. The van der Waals surface area contributed by atoms with Crippen LogP contribution >= 0.6 is 0 Å². The van der Waals surface area contributed by atoms with Crippen molar-refractivity contribution in [3.63, 3.8) is 0 Å². The lowest BCUT2D eigenvalue weighted by atomic mass is 9.94. The van der Waals surface area contributed by atoms with E-state index < -0.39 is 6.10 Å². The first-order valence-electron chi connectivity index (χ1n) is 6.81. The molecule has 0 radical (unpaired) electrons. The number of rotatable bonds is 2. The summed E-state index contributed by atoms with van der Waals surface area (Å²) in [5.41, 5.74) is 4.88. The molecular weight excluding hydrogens is 248 g/mol. The average Bonchev–Trinajstić information content (AvgIpc) is 2.76. The Morgan fingerprint density at radius 3 is 2.55 bits per heavy atom. The molecule has 0 aliphatic carbocycles. The highest BCUT2D eigenvalue weighted by molar-refractivity contribution is 5.83. The monoisotopic (exact) mass is 266 g/mol. The Bertz CT molecular complexity index is 768. The van der Waals surface area contributed by atoms with E-state index in [2.05, 4.69) is 6.07 Å². The fourth-order valence-electron chi connectivity index (χ4n) is 2.74. The zero-order valence-corrected chi connectivity index (χ0v) is 12.0. The van der Waals surface area contributed by atoms with Crippen LogP contribution in [0.5, 0.6) is 0 Å². The topological polar surface area (TPSA) is 33.4 Å². The fourth-order valence-corrected chi connectivity index (χ4v) is 2.74. The molecule has 1 heterocycles. The minimum atomic E-state index is -0.654. The van der Waals surface area contributed by atoms with E-state index in [0.29, 0.717) is 0 Å². The number of fused-ring (bicyclic) bond motifs is 1. The van der Waals surface area contributed by atoms with Gasteiger partial charge in [0.25, 0.3) is 0 Å². The van der Waals surface area contributed by atoms with Crippen LogP contribution in [0.3, 0.4) is 0 Å². The van der Waals surface area contributed by atoms with Gasteiger partial charge in [0.15, 0.2) is 0 Å². The van der Waals surface area contributed by atoms with Crippen LogP contribution in [-0.2, 0) is 0 Å². The minimum Gasteiger partial charge on any atom is -0.461 e. The Hall–Kier alpha value is -2.06. The van der Waals surface area contributed by atoms with Gasteiger partial charge in [-0.2, -0.15) is 0 Å². The van der Waals surface area contributed by atoms with E-state index in [-0.39, 0.29) is 0 Å². The molecule has 0 aliphatic heterocycles. The highest BCUT2D eigenvalue weighted by atomic mass is 16.3. The molecule has 1 unspecified atom stereocenters. The van der Waals surface area contributed by atoms with Crippen molar-refractivity contribution in [2.24, 2.45) is 0 Å². The first-order valence-corrected chi connectivity index (χ1v) is 6.81. The van der Waals surface area contributed by atoms with E-state index in [1.807, 2.05) is 57.2 Å². The Balaban J connectivity index is 2.20. The molecule has 1 atom stereocenters. The van der Waals surface area contributed by atoms with E-state index in [1.54, 1.807) is 0 Å². The van der Waals surface area contributed by atoms with Crippen molar-refractivity contribution in [3.05, 3.63) is 70.5 Å². The summed E-state index contributed by atoms with van der Waals surface area (Å²) in [4.78, 5) is 0. The maximum Gasteiger partial charge on any atom is 0.134 e. The number of hydrogen-bond donors (Lipinski definition) is 1. The molecule has 0 fully saturated rings. The maximum absolute atomic E-state index is 10.8. The van der Waals surface area contributed by atoms with Crippen LogP contribution < -0.4 is 0 Å². The van der Waals surface area contributed by atoms with Gasteiger partial charge in [-0.15, -0.1) is 0 Å². The van der Waals surface area contributed by atoms with Gasteiger partial charge in [0.1, 0.15) is 17.4 Å². The third-order valence-corrected chi connectivity index (χ3v) is 3.82. The van der Waals surface area contributed by atoms with E-state index >= 15 is 0 Å². The van der Waals surface area contributed by atoms with Crippen molar-refractivity contribution in [1.82, 2.24) is 0 Å². The van der Waals surface area contributed by atoms with Gasteiger partial charge in [0.05, 0.1) is 0 Å². The van der Waals surface area contributed by atoms with Gasteiger partial charge in [-0.1, -0.05) is 42.0 Å². The van der Waals surface area contributed by atoms with E-state index in [4.69, 9.17) is 4.42 Å². The Morgan fingerprint density at radius 2 is 1.75 bits per heavy atom. The van der Waals surface area contributed by atoms with Crippen molar-refractivity contribution < 1.29 is 9.52 Å². The molecule has 0 saturated carbocycles. The molecule has 20 heavy (non-hydrogen) atoms. The van der Waals surface area contributed by atoms with Crippen LogP contribution in [0.1, 0.15) is 34.1 Å². The van der Waals surface area contributed by atoms with Gasteiger partial charge in [-0.05, 0) is 38.0 Å². The fraction of sp³-hybridized carbons (Fsp3) is 0.222. The van der Waals surface area contributed by atoms with Gasteiger partial charge < -0.3 is 9.52 Å². The molecule has 3 aromatic rings. The predicted octanol–water partition coefficient (Wildman–Crippen LogP) is 4.44. The SMILES string of the molecule is Cc1ccc(C)c(C(O)c2c(C)oc3ccccc23)c1. The molecule has 102 valence electrons. The predicted molar refractivity (Wildman–Crippen MR) is 80.9 cm³/mol. The van der Waals surface area contributed by atoms with Crippen LogP contribution in [0.4, 0.5) is 0 Å². The summed E-state index contributed by atoms with van der Waals surface area (Å²) in [5, 5.41) is 11.8. The summed E-state index contributed by atoms with van der Waals surface area (Å²) < 4.78 is 5.75. The second-order valence-electron chi connectivity index (χ2n) is 5.33. The van der Waals surface area contributed by atoms with E-state index in [0.717, 1.165) is 39.0 Å². The number of hydrogen-bond acceptors (Lipinski definition) is 2. The molecule has 0 amide bonds. The number of para-hydroxylation sites is 1. The van der Waals surface area contributed by atoms with Crippen molar-refractivity contribution in [1.29, 1.82) is 0 Å². The molecular formula is C18H18O2. The first kappa shape index (κ1) is 12.9. The quantitative estimate of drug-likeness (QED) is 0.744. The number of benzene rings is 2. The molecule has 2 nitrogen and oxygen atoms in total. The number of aryl methyl sites for hydroxylation is 3. The summed E-state index contributed by atoms with van der Waals surface area (Å²) in [6.07, 6.45) is -0.654. The molecule has 0 spiro atoms. The van der Waals surface area contributed by atoms with Crippen LogP contribution in [0.15, 0.2) is 46.9 Å². The Kier molecular flexibility index (Phi) is 3.11. The van der Waals surface area contributed by atoms with Crippen LogP contribution in [0.25, 0.3) is 11.0 Å². The van der Waals surface area contributed by atoms with Crippen molar-refractivity contribution in [2.75, 3.05) is 0 Å². The average molecular weight is 266 g/mol. The molecule has 0 saturated heterocycles. The van der Waals surface area contributed by atoms with Crippen molar-refractivity contribution in [3.8, 4) is 0 Å². The van der Waals surface area contributed by atoms with E-state index in [1.165, 1.54) is 0 Å². The normalized spacial score (nSPS) is 12.8. The smallest absolute Gasteiger partial charge is 0.134 e. The molecule has 0 aliphatic rings. The van der Waals surface area contributed by atoms with E-state index in [9.17, 15) is 5.11 Å². The second-order valence-corrected chi connectivity index (χ2v) is 5.33. The zero-order chi connectivity index (χ0) is 14.3. The second kappa shape index (κ2) is 4.80. The van der Waals surface area contributed by atoms with Crippen LogP contribution in [0.2, 0.25) is 0 Å². The largest absolute Gasteiger partial charge is 0.461 e. The van der Waals surface area contributed by atoms with Gasteiger partial charge in [-0.3, -0.25) is 0 Å². The summed E-state index contributed by atoms with van der Waals surface area (Å²) in [5.74, 6) is 0.777. The minimum absolute atomic E-state index is 0.654. The Morgan fingerprint density at radius 1 is 1.00 bits per heavy atom. The zero-order valence-electron chi connectivity index (χ0n) is 12.0. The number of aliphatic hydroxyl groups excluding tert-OH is 1. The molecule has 2 heteroatoms. The summed E-state index contributed by atoms with van der Waals surface area (Å²) >= 11 is 0. The summed E-state index contributed by atoms with van der Waals surface area (Å²) in [7, 11) is 0. The van der Waals surface area contributed by atoms with Crippen molar-refractivity contribution in [2.45, 2.75) is 26.9 Å². The lowest BCUT2D eigenvalue weighted by Crippen LogP contribution is -2.03. The Labute approximate surface area is 118 Å². The molecule has 2 aromatic carbocycles. The van der Waals surface area contributed by atoms with Crippen molar-refractivity contribution >= 4 is 11.0 Å². The van der Waals surface area contributed by atoms with Crippen LogP contribution in [0, 0.1) is 20.8 Å². The molecule has 0 bridgehead atoms. The highest BCUT2D eigenvalue weighted by Crippen LogP contribution is 2.35. The maximum atomic E-state index is 10.8. The highest BCUT2D eigenvalue weighted by Gasteiger charge is 2.21.